The Bertz CT molecular complexity index is 825. The van der Waals surface area contributed by atoms with Gasteiger partial charge in [0.1, 0.15) is 16.4 Å². The number of amides is 2. The standard InChI is InChI=1S/C20H27N3O4S/c1-7-26-14-8-10-15(11-9-14)27-13(3)17(24)22-23-18(25)16-12(2)21-19(28-16)20(4,5)6/h8-11,13H,7H2,1-6H3,(H,22,24)(H,23,25). The second-order valence-corrected chi connectivity index (χ2v) is 8.29. The zero-order valence-electron chi connectivity index (χ0n) is 17.1. The second-order valence-electron chi connectivity index (χ2n) is 7.29. The van der Waals surface area contributed by atoms with Gasteiger partial charge in [-0.3, -0.25) is 20.4 Å². The van der Waals surface area contributed by atoms with E-state index in [9.17, 15) is 9.59 Å². The molecule has 0 bridgehead atoms. The summed E-state index contributed by atoms with van der Waals surface area (Å²) in [4.78, 5) is 29.5. The zero-order valence-corrected chi connectivity index (χ0v) is 17.9. The summed E-state index contributed by atoms with van der Waals surface area (Å²) in [6.07, 6.45) is -0.786. The quantitative estimate of drug-likeness (QED) is 0.719. The molecule has 1 heterocycles. The van der Waals surface area contributed by atoms with Crippen molar-refractivity contribution < 1.29 is 19.1 Å². The van der Waals surface area contributed by atoms with Crippen molar-refractivity contribution in [2.45, 2.75) is 53.1 Å². The Morgan fingerprint density at radius 2 is 1.75 bits per heavy atom. The van der Waals surface area contributed by atoms with Gasteiger partial charge in [-0.1, -0.05) is 20.8 Å². The van der Waals surface area contributed by atoms with Gasteiger partial charge >= 0.3 is 0 Å². The second kappa shape index (κ2) is 9.05. The number of hydrogen-bond donors (Lipinski definition) is 2. The fourth-order valence-electron chi connectivity index (χ4n) is 2.24. The topological polar surface area (TPSA) is 89.5 Å². The van der Waals surface area contributed by atoms with Crippen molar-refractivity contribution in [2.24, 2.45) is 0 Å². The first-order valence-corrected chi connectivity index (χ1v) is 9.91. The Labute approximate surface area is 169 Å². The van der Waals surface area contributed by atoms with Gasteiger partial charge in [0.15, 0.2) is 6.10 Å². The van der Waals surface area contributed by atoms with E-state index in [0.717, 1.165) is 10.8 Å². The van der Waals surface area contributed by atoms with Crippen molar-refractivity contribution in [1.82, 2.24) is 15.8 Å². The van der Waals surface area contributed by atoms with E-state index in [0.29, 0.717) is 22.9 Å². The summed E-state index contributed by atoms with van der Waals surface area (Å²) in [5, 5.41) is 0.869. The van der Waals surface area contributed by atoms with Crippen molar-refractivity contribution >= 4 is 23.2 Å². The van der Waals surface area contributed by atoms with Gasteiger partial charge in [0.2, 0.25) is 0 Å². The molecule has 1 unspecified atom stereocenters. The molecule has 2 N–H and O–H groups in total. The molecular formula is C20H27N3O4S. The number of nitrogens with zero attached hydrogens (tertiary/aromatic N) is 1. The molecule has 28 heavy (non-hydrogen) atoms. The predicted molar refractivity (Wildman–Crippen MR) is 109 cm³/mol. The van der Waals surface area contributed by atoms with E-state index in [1.165, 1.54) is 11.3 Å². The molecule has 8 heteroatoms. The molecule has 0 aliphatic rings. The van der Waals surface area contributed by atoms with Crippen LogP contribution in [0.2, 0.25) is 0 Å². The molecule has 0 fully saturated rings. The predicted octanol–water partition coefficient (Wildman–Crippen LogP) is 3.38. The maximum atomic E-state index is 12.4. The zero-order chi connectivity index (χ0) is 20.9. The average molecular weight is 406 g/mol. The van der Waals surface area contributed by atoms with Gasteiger partial charge in [0.05, 0.1) is 17.3 Å². The van der Waals surface area contributed by atoms with Crippen molar-refractivity contribution in [3.05, 3.63) is 39.8 Å². The molecule has 1 aromatic carbocycles. The van der Waals surface area contributed by atoms with Crippen LogP contribution in [0.4, 0.5) is 0 Å². The molecule has 7 nitrogen and oxygen atoms in total. The van der Waals surface area contributed by atoms with Crippen LogP contribution in [0, 0.1) is 6.92 Å². The fourth-order valence-corrected chi connectivity index (χ4v) is 3.26. The van der Waals surface area contributed by atoms with Gasteiger partial charge in [0, 0.05) is 5.41 Å². The Morgan fingerprint density at radius 3 is 2.29 bits per heavy atom. The van der Waals surface area contributed by atoms with Gasteiger partial charge in [-0.25, -0.2) is 4.98 Å². The number of hydrazine groups is 1. The molecular weight excluding hydrogens is 378 g/mol. The first-order valence-electron chi connectivity index (χ1n) is 9.09. The minimum absolute atomic E-state index is 0.142. The number of carbonyl (C=O) groups is 2. The van der Waals surface area contributed by atoms with Crippen LogP contribution >= 0.6 is 11.3 Å². The minimum Gasteiger partial charge on any atom is -0.494 e. The Morgan fingerprint density at radius 1 is 1.14 bits per heavy atom. The molecule has 2 amide bonds. The fraction of sp³-hybridized carbons (Fsp3) is 0.450. The highest BCUT2D eigenvalue weighted by Crippen LogP contribution is 2.29. The number of rotatable bonds is 6. The average Bonchev–Trinajstić information content (AvgIpc) is 3.03. The van der Waals surface area contributed by atoms with Crippen molar-refractivity contribution in [2.75, 3.05) is 6.61 Å². The van der Waals surface area contributed by atoms with Gasteiger partial charge < -0.3 is 9.47 Å². The van der Waals surface area contributed by atoms with Crippen molar-refractivity contribution in [1.29, 1.82) is 0 Å². The van der Waals surface area contributed by atoms with Crippen molar-refractivity contribution in [3.63, 3.8) is 0 Å². The third-order valence-corrected chi connectivity index (χ3v) is 5.34. The van der Waals surface area contributed by atoms with Crippen LogP contribution in [0.25, 0.3) is 0 Å². The van der Waals surface area contributed by atoms with Crippen LogP contribution in [0.5, 0.6) is 11.5 Å². The van der Waals surface area contributed by atoms with Crippen LogP contribution in [-0.2, 0) is 10.2 Å². The largest absolute Gasteiger partial charge is 0.494 e. The van der Waals surface area contributed by atoms with Gasteiger partial charge in [0.25, 0.3) is 11.8 Å². The summed E-state index contributed by atoms with van der Waals surface area (Å²) in [6, 6.07) is 6.99. The molecule has 1 atom stereocenters. The van der Waals surface area contributed by atoms with Crippen molar-refractivity contribution in [3.8, 4) is 11.5 Å². The summed E-state index contributed by atoms with van der Waals surface area (Å²) >= 11 is 1.32. The molecule has 0 saturated carbocycles. The van der Waals surface area contributed by atoms with E-state index in [-0.39, 0.29) is 5.41 Å². The van der Waals surface area contributed by atoms with Gasteiger partial charge in [-0.15, -0.1) is 11.3 Å². The highest BCUT2D eigenvalue weighted by molar-refractivity contribution is 7.14. The first kappa shape index (κ1) is 21.7. The van der Waals surface area contributed by atoms with Crippen LogP contribution in [0.15, 0.2) is 24.3 Å². The molecule has 0 radical (unpaired) electrons. The lowest BCUT2D eigenvalue weighted by molar-refractivity contribution is -0.128. The van der Waals surface area contributed by atoms with Gasteiger partial charge in [-0.05, 0) is 45.0 Å². The number of hydrogen-bond acceptors (Lipinski definition) is 6. The normalized spacial score (nSPS) is 12.2. The molecule has 2 rings (SSSR count). The number of carbonyl (C=O) groups excluding carboxylic acids is 2. The van der Waals surface area contributed by atoms with E-state index in [1.807, 2.05) is 27.7 Å². The van der Waals surface area contributed by atoms with Crippen LogP contribution in [0.3, 0.4) is 0 Å². The lowest BCUT2D eigenvalue weighted by atomic mass is 9.98. The number of thiazole rings is 1. The number of benzene rings is 1. The molecule has 152 valence electrons. The maximum absolute atomic E-state index is 12.4. The van der Waals surface area contributed by atoms with Crippen LogP contribution in [-0.4, -0.2) is 29.5 Å². The third-order valence-electron chi connectivity index (χ3n) is 3.76. The van der Waals surface area contributed by atoms with E-state index in [2.05, 4.69) is 15.8 Å². The van der Waals surface area contributed by atoms with E-state index >= 15 is 0 Å². The molecule has 2 aromatic rings. The smallest absolute Gasteiger partial charge is 0.281 e. The minimum atomic E-state index is -0.786. The maximum Gasteiger partial charge on any atom is 0.281 e. The Kier molecular flexibility index (Phi) is 7.01. The number of aromatic nitrogens is 1. The monoisotopic (exact) mass is 405 g/mol. The molecule has 0 aliphatic carbocycles. The third kappa shape index (κ3) is 5.69. The number of ether oxygens (including phenoxy) is 2. The lowest BCUT2D eigenvalue weighted by Gasteiger charge is -2.15. The van der Waals surface area contributed by atoms with Gasteiger partial charge in [-0.2, -0.15) is 0 Å². The summed E-state index contributed by atoms with van der Waals surface area (Å²) in [7, 11) is 0. The summed E-state index contributed by atoms with van der Waals surface area (Å²) in [6.45, 7) is 12.0. The Balaban J connectivity index is 1.90. The summed E-state index contributed by atoms with van der Waals surface area (Å²) in [5.41, 5.74) is 5.33. The molecule has 0 spiro atoms. The van der Waals surface area contributed by atoms with E-state index in [1.54, 1.807) is 38.1 Å². The number of aryl methyl sites for hydroxylation is 1. The summed E-state index contributed by atoms with van der Waals surface area (Å²) < 4.78 is 11.0. The highest BCUT2D eigenvalue weighted by atomic mass is 32.1. The molecule has 0 saturated heterocycles. The van der Waals surface area contributed by atoms with E-state index in [4.69, 9.17) is 9.47 Å². The Hall–Kier alpha value is -2.61. The van der Waals surface area contributed by atoms with Crippen LogP contribution in [0.1, 0.15) is 55.0 Å². The lowest BCUT2D eigenvalue weighted by Crippen LogP contribution is -2.47. The number of nitrogens with one attached hydrogen (secondary N) is 2. The molecule has 1 aromatic heterocycles. The molecule has 0 aliphatic heterocycles. The highest BCUT2D eigenvalue weighted by Gasteiger charge is 2.24. The van der Waals surface area contributed by atoms with Crippen LogP contribution < -0.4 is 20.3 Å². The SMILES string of the molecule is CCOc1ccc(OC(C)C(=O)NNC(=O)c2sc(C(C)(C)C)nc2C)cc1. The first-order chi connectivity index (χ1) is 13.1. The summed E-state index contributed by atoms with van der Waals surface area (Å²) in [5.74, 6) is 0.409. The van der Waals surface area contributed by atoms with E-state index < -0.39 is 17.9 Å².